The first-order valence-corrected chi connectivity index (χ1v) is 7.41. The van der Waals surface area contributed by atoms with Crippen molar-refractivity contribution in [2.75, 3.05) is 7.11 Å². The summed E-state index contributed by atoms with van der Waals surface area (Å²) in [6.07, 6.45) is 6.81. The Hall–Kier alpha value is -0.0900. The maximum atomic E-state index is 6.37. The average molecular weight is 274 g/mol. The van der Waals surface area contributed by atoms with E-state index in [0.717, 1.165) is 23.6 Å². The second-order valence-corrected chi connectivity index (χ2v) is 6.65. The highest BCUT2D eigenvalue weighted by Crippen LogP contribution is 2.35. The van der Waals surface area contributed by atoms with Crippen LogP contribution in [0, 0.1) is 0 Å². The Morgan fingerprint density at radius 3 is 2.65 bits per heavy atom. The van der Waals surface area contributed by atoms with E-state index in [1.54, 1.807) is 18.4 Å². The van der Waals surface area contributed by atoms with Crippen molar-refractivity contribution in [1.29, 1.82) is 0 Å². The van der Waals surface area contributed by atoms with E-state index in [-0.39, 0.29) is 11.6 Å². The second-order valence-electron chi connectivity index (χ2n) is 4.85. The molecule has 0 amide bonds. The molecule has 2 N–H and O–H groups in total. The van der Waals surface area contributed by atoms with Gasteiger partial charge in [-0.25, -0.2) is 0 Å². The normalized spacial score (nSPS) is 21.4. The Labute approximate surface area is 112 Å². The van der Waals surface area contributed by atoms with Gasteiger partial charge < -0.3 is 10.5 Å². The maximum Gasteiger partial charge on any atom is 0.0931 e. The van der Waals surface area contributed by atoms with Gasteiger partial charge in [-0.05, 0) is 31.4 Å². The average Bonchev–Trinajstić information content (AvgIpc) is 2.75. The predicted octanol–water partition coefficient (Wildman–Crippen LogP) is 3.62. The van der Waals surface area contributed by atoms with Crippen molar-refractivity contribution in [3.05, 3.63) is 21.3 Å². The molecule has 1 aliphatic rings. The molecule has 17 heavy (non-hydrogen) atoms. The monoisotopic (exact) mass is 273 g/mol. The van der Waals surface area contributed by atoms with Crippen LogP contribution in [0.3, 0.4) is 0 Å². The molecule has 0 spiro atoms. The van der Waals surface area contributed by atoms with Crippen LogP contribution in [0.25, 0.3) is 0 Å². The quantitative estimate of drug-likeness (QED) is 0.909. The fraction of sp³-hybridized carbons (Fsp3) is 0.692. The molecule has 1 saturated carbocycles. The molecule has 0 saturated heterocycles. The molecule has 96 valence electrons. The molecule has 0 radical (unpaired) electrons. The van der Waals surface area contributed by atoms with Gasteiger partial charge in [0.1, 0.15) is 0 Å². The highest BCUT2D eigenvalue weighted by Gasteiger charge is 2.38. The van der Waals surface area contributed by atoms with E-state index >= 15 is 0 Å². The number of hydrogen-bond donors (Lipinski definition) is 1. The van der Waals surface area contributed by atoms with Crippen LogP contribution in [-0.2, 0) is 11.2 Å². The lowest BCUT2D eigenvalue weighted by Gasteiger charge is -2.40. The molecule has 1 unspecified atom stereocenters. The molecule has 1 fully saturated rings. The van der Waals surface area contributed by atoms with E-state index in [1.165, 1.54) is 24.1 Å². The third-order valence-electron chi connectivity index (χ3n) is 3.83. The summed E-state index contributed by atoms with van der Waals surface area (Å²) in [6.45, 7) is 0. The number of rotatable bonds is 4. The van der Waals surface area contributed by atoms with Gasteiger partial charge in [-0.2, -0.15) is 0 Å². The summed E-state index contributed by atoms with van der Waals surface area (Å²) in [6, 6.07) is 4.08. The Balaban J connectivity index is 2.04. The first-order chi connectivity index (χ1) is 8.16. The summed E-state index contributed by atoms with van der Waals surface area (Å²) in [4.78, 5) is 1.25. The number of ether oxygens (including phenoxy) is 1. The summed E-state index contributed by atoms with van der Waals surface area (Å²) in [5.74, 6) is 0. The van der Waals surface area contributed by atoms with E-state index < -0.39 is 0 Å². The van der Waals surface area contributed by atoms with Gasteiger partial charge in [0.05, 0.1) is 9.94 Å². The van der Waals surface area contributed by atoms with Crippen molar-refractivity contribution in [1.82, 2.24) is 0 Å². The Bertz CT molecular complexity index is 360. The number of hydrogen-bond acceptors (Lipinski definition) is 3. The Morgan fingerprint density at radius 1 is 1.41 bits per heavy atom. The second kappa shape index (κ2) is 5.70. The van der Waals surface area contributed by atoms with Crippen LogP contribution in [0.1, 0.15) is 37.0 Å². The summed E-state index contributed by atoms with van der Waals surface area (Å²) in [5, 5.41) is 0. The van der Waals surface area contributed by atoms with Crippen LogP contribution >= 0.6 is 22.9 Å². The van der Waals surface area contributed by atoms with Gasteiger partial charge >= 0.3 is 0 Å². The SMILES string of the molecule is COC1(C(N)Cc2ccc(Cl)s2)CCCCC1. The van der Waals surface area contributed by atoms with Crippen molar-refractivity contribution in [2.24, 2.45) is 5.73 Å². The Morgan fingerprint density at radius 2 is 2.12 bits per heavy atom. The molecule has 1 heterocycles. The summed E-state index contributed by atoms with van der Waals surface area (Å²) in [5.41, 5.74) is 6.26. The zero-order chi connectivity index (χ0) is 12.3. The lowest BCUT2D eigenvalue weighted by molar-refractivity contribution is -0.0581. The number of nitrogens with two attached hydrogens (primary N) is 1. The molecule has 4 heteroatoms. The van der Waals surface area contributed by atoms with E-state index in [0.29, 0.717) is 0 Å². The van der Waals surface area contributed by atoms with Crippen molar-refractivity contribution in [3.63, 3.8) is 0 Å². The molecule has 1 atom stereocenters. The van der Waals surface area contributed by atoms with Gasteiger partial charge in [0, 0.05) is 18.0 Å². The minimum Gasteiger partial charge on any atom is -0.377 e. The van der Waals surface area contributed by atoms with Gasteiger partial charge in [-0.3, -0.25) is 0 Å². The lowest BCUT2D eigenvalue weighted by Crippen LogP contribution is -2.51. The van der Waals surface area contributed by atoms with Gasteiger partial charge in [0.15, 0.2) is 0 Å². The van der Waals surface area contributed by atoms with Crippen molar-refractivity contribution in [3.8, 4) is 0 Å². The Kier molecular flexibility index (Phi) is 4.47. The molecule has 2 rings (SSSR count). The topological polar surface area (TPSA) is 35.2 Å². The minimum atomic E-state index is -0.116. The summed E-state index contributed by atoms with van der Waals surface area (Å²) < 4.78 is 6.60. The fourth-order valence-electron chi connectivity index (χ4n) is 2.74. The molecule has 1 aliphatic carbocycles. The largest absolute Gasteiger partial charge is 0.377 e. The zero-order valence-electron chi connectivity index (χ0n) is 10.2. The van der Waals surface area contributed by atoms with Gasteiger partial charge in [0.25, 0.3) is 0 Å². The fourth-order valence-corrected chi connectivity index (χ4v) is 3.89. The van der Waals surface area contributed by atoms with E-state index in [4.69, 9.17) is 22.1 Å². The number of methoxy groups -OCH3 is 1. The van der Waals surface area contributed by atoms with Crippen LogP contribution < -0.4 is 5.73 Å². The van der Waals surface area contributed by atoms with Crippen LogP contribution in [0.4, 0.5) is 0 Å². The first kappa shape index (κ1) is 13.3. The van der Waals surface area contributed by atoms with Crippen LogP contribution in [0.15, 0.2) is 12.1 Å². The molecular weight excluding hydrogens is 254 g/mol. The smallest absolute Gasteiger partial charge is 0.0931 e. The highest BCUT2D eigenvalue weighted by atomic mass is 35.5. The van der Waals surface area contributed by atoms with E-state index in [1.807, 2.05) is 6.07 Å². The zero-order valence-corrected chi connectivity index (χ0v) is 11.8. The van der Waals surface area contributed by atoms with Crippen LogP contribution in [0.2, 0.25) is 4.34 Å². The molecule has 1 aromatic rings. The molecular formula is C13H20ClNOS. The van der Waals surface area contributed by atoms with Crippen LogP contribution in [0.5, 0.6) is 0 Å². The number of thiophene rings is 1. The predicted molar refractivity (Wildman–Crippen MR) is 73.8 cm³/mol. The van der Waals surface area contributed by atoms with Gasteiger partial charge in [-0.1, -0.05) is 30.9 Å². The summed E-state index contributed by atoms with van der Waals surface area (Å²) in [7, 11) is 1.80. The first-order valence-electron chi connectivity index (χ1n) is 6.21. The maximum absolute atomic E-state index is 6.37. The standard InChI is InChI=1S/C13H20ClNOS/c1-16-13(7-3-2-4-8-13)11(15)9-10-5-6-12(14)17-10/h5-6,11H,2-4,7-9,15H2,1H3. The minimum absolute atomic E-state index is 0.0718. The van der Waals surface area contributed by atoms with Crippen molar-refractivity contribution >= 4 is 22.9 Å². The number of halogens is 1. The molecule has 0 bridgehead atoms. The highest BCUT2D eigenvalue weighted by molar-refractivity contribution is 7.16. The van der Waals surface area contributed by atoms with Crippen LogP contribution in [-0.4, -0.2) is 18.8 Å². The third-order valence-corrected chi connectivity index (χ3v) is 5.09. The van der Waals surface area contributed by atoms with Gasteiger partial charge in [0.2, 0.25) is 0 Å². The molecule has 2 nitrogen and oxygen atoms in total. The van der Waals surface area contributed by atoms with Crippen molar-refractivity contribution in [2.45, 2.75) is 50.2 Å². The third kappa shape index (κ3) is 3.02. The molecule has 0 aliphatic heterocycles. The molecule has 1 aromatic heterocycles. The van der Waals surface area contributed by atoms with E-state index in [2.05, 4.69) is 6.07 Å². The molecule has 0 aromatic carbocycles. The lowest BCUT2D eigenvalue weighted by atomic mass is 9.78. The summed E-state index contributed by atoms with van der Waals surface area (Å²) >= 11 is 7.56. The van der Waals surface area contributed by atoms with Crippen molar-refractivity contribution < 1.29 is 4.74 Å². The van der Waals surface area contributed by atoms with E-state index in [9.17, 15) is 0 Å². The van der Waals surface area contributed by atoms with Gasteiger partial charge in [-0.15, -0.1) is 11.3 Å².